The number of piperidine rings is 1. The molecular weight excluding hydrogens is 222 g/mol. The predicted molar refractivity (Wildman–Crippen MR) is 52.5 cm³/mol. The minimum Gasteiger partial charge on any atom is -0.466 e. The summed E-state index contributed by atoms with van der Waals surface area (Å²) in [5.74, 6) is -0.532. The van der Waals surface area contributed by atoms with Gasteiger partial charge in [-0.25, -0.2) is 0 Å². The van der Waals surface area contributed by atoms with Crippen LogP contribution in [0.15, 0.2) is 0 Å². The molecule has 0 amide bonds. The molecule has 6 nitrogen and oxygen atoms in total. The lowest BCUT2D eigenvalue weighted by atomic mass is 9.98. The van der Waals surface area contributed by atoms with Gasteiger partial charge in [-0.2, -0.15) is 12.7 Å². The molecule has 0 aromatic rings. The van der Waals surface area contributed by atoms with Crippen molar-refractivity contribution in [2.75, 3.05) is 19.7 Å². The van der Waals surface area contributed by atoms with E-state index in [-0.39, 0.29) is 25.0 Å². The van der Waals surface area contributed by atoms with E-state index in [0.717, 1.165) is 4.31 Å². The molecule has 15 heavy (non-hydrogen) atoms. The molecule has 0 aliphatic carbocycles. The first kappa shape index (κ1) is 12.4. The van der Waals surface area contributed by atoms with Gasteiger partial charge in [0.1, 0.15) is 0 Å². The van der Waals surface area contributed by atoms with E-state index in [2.05, 4.69) is 0 Å². The Labute approximate surface area is 89.1 Å². The Hall–Kier alpha value is -0.660. The number of carbonyl (C=O) groups excluding carboxylic acids is 1. The maximum atomic E-state index is 11.3. The number of nitrogens with zero attached hydrogens (tertiary/aromatic N) is 1. The van der Waals surface area contributed by atoms with Crippen LogP contribution in [0, 0.1) is 5.92 Å². The molecule has 1 aliphatic heterocycles. The highest BCUT2D eigenvalue weighted by atomic mass is 32.2. The van der Waals surface area contributed by atoms with Crippen molar-refractivity contribution in [1.82, 2.24) is 4.31 Å². The number of ether oxygens (including phenoxy) is 1. The maximum absolute atomic E-state index is 11.3. The summed E-state index contributed by atoms with van der Waals surface area (Å²) in [6.45, 7) is 2.40. The maximum Gasteiger partial charge on any atom is 0.335 e. The zero-order valence-corrected chi connectivity index (χ0v) is 9.37. The van der Waals surface area contributed by atoms with Crippen LogP contribution in [0.25, 0.3) is 0 Å². The molecule has 1 fully saturated rings. The van der Waals surface area contributed by atoms with Crippen LogP contribution < -0.4 is 0 Å². The lowest BCUT2D eigenvalue weighted by molar-refractivity contribution is -0.149. The van der Waals surface area contributed by atoms with E-state index >= 15 is 0 Å². The standard InChI is InChI=1S/C8H15NO5S/c1-2-14-8(10)7-3-5-9(6-4-7)15(11,12)13/h7H,2-6H2,1H3,(H,11,12,13). The van der Waals surface area contributed by atoms with Crippen molar-refractivity contribution in [2.24, 2.45) is 5.92 Å². The van der Waals surface area contributed by atoms with Gasteiger partial charge in [0, 0.05) is 13.1 Å². The predicted octanol–water partition coefficient (Wildman–Crippen LogP) is 0.0643. The van der Waals surface area contributed by atoms with Gasteiger partial charge in [-0.3, -0.25) is 9.35 Å². The van der Waals surface area contributed by atoms with Crippen molar-refractivity contribution in [1.29, 1.82) is 0 Å². The minimum absolute atomic E-state index is 0.169. The SMILES string of the molecule is CCOC(=O)C1CCN(S(=O)(=O)O)CC1. The summed E-state index contributed by atoms with van der Waals surface area (Å²) in [5, 5.41) is 0. The van der Waals surface area contributed by atoms with Gasteiger partial charge >= 0.3 is 16.3 Å². The highest BCUT2D eigenvalue weighted by Gasteiger charge is 2.30. The lowest BCUT2D eigenvalue weighted by Crippen LogP contribution is -2.40. The van der Waals surface area contributed by atoms with E-state index in [1.807, 2.05) is 0 Å². The second kappa shape index (κ2) is 4.91. The molecule has 1 heterocycles. The van der Waals surface area contributed by atoms with Crippen molar-refractivity contribution >= 4 is 16.3 Å². The zero-order valence-electron chi connectivity index (χ0n) is 8.55. The molecule has 0 radical (unpaired) electrons. The summed E-state index contributed by atoms with van der Waals surface area (Å²) in [4.78, 5) is 11.3. The molecule has 7 heteroatoms. The van der Waals surface area contributed by atoms with Crippen molar-refractivity contribution in [3.63, 3.8) is 0 Å². The summed E-state index contributed by atoms with van der Waals surface area (Å²) >= 11 is 0. The van der Waals surface area contributed by atoms with E-state index in [9.17, 15) is 13.2 Å². The molecule has 0 spiro atoms. The molecule has 0 atom stereocenters. The summed E-state index contributed by atoms with van der Waals surface area (Å²) < 4.78 is 36.1. The van der Waals surface area contributed by atoms with Gasteiger partial charge in [0.2, 0.25) is 0 Å². The Morgan fingerprint density at radius 1 is 1.47 bits per heavy atom. The number of rotatable bonds is 3. The molecule has 0 unspecified atom stereocenters. The molecular formula is C8H15NO5S. The number of esters is 1. The van der Waals surface area contributed by atoms with E-state index in [0.29, 0.717) is 19.4 Å². The third-order valence-electron chi connectivity index (χ3n) is 2.40. The third kappa shape index (κ3) is 3.44. The minimum atomic E-state index is -4.11. The van der Waals surface area contributed by atoms with Gasteiger partial charge in [-0.05, 0) is 19.8 Å². The molecule has 0 aromatic heterocycles. The number of carbonyl (C=O) groups is 1. The molecule has 0 bridgehead atoms. The molecule has 0 aromatic carbocycles. The van der Waals surface area contributed by atoms with Crippen molar-refractivity contribution in [3.8, 4) is 0 Å². The van der Waals surface area contributed by atoms with Crippen LogP contribution in [0.4, 0.5) is 0 Å². The zero-order chi connectivity index (χ0) is 11.5. The van der Waals surface area contributed by atoms with Gasteiger partial charge < -0.3 is 4.74 Å². The highest BCUT2D eigenvalue weighted by Crippen LogP contribution is 2.20. The Morgan fingerprint density at radius 3 is 2.40 bits per heavy atom. The fourth-order valence-electron chi connectivity index (χ4n) is 1.58. The average Bonchev–Trinajstić information content (AvgIpc) is 2.17. The Morgan fingerprint density at radius 2 is 2.00 bits per heavy atom. The number of hydrogen-bond acceptors (Lipinski definition) is 4. The quantitative estimate of drug-likeness (QED) is 0.554. The fourth-order valence-corrected chi connectivity index (χ4v) is 2.25. The van der Waals surface area contributed by atoms with Gasteiger partial charge in [-0.1, -0.05) is 0 Å². The Bertz CT molecular complexity index is 318. The van der Waals surface area contributed by atoms with E-state index in [1.165, 1.54) is 0 Å². The van der Waals surface area contributed by atoms with E-state index in [4.69, 9.17) is 9.29 Å². The molecule has 1 rings (SSSR count). The molecule has 1 N–H and O–H groups in total. The summed E-state index contributed by atoms with van der Waals surface area (Å²) in [6.07, 6.45) is 0.803. The first-order chi connectivity index (χ1) is 6.95. The summed E-state index contributed by atoms with van der Waals surface area (Å²) in [6, 6.07) is 0. The van der Waals surface area contributed by atoms with Crippen LogP contribution in [-0.4, -0.2) is 42.9 Å². The fraction of sp³-hybridized carbons (Fsp3) is 0.875. The largest absolute Gasteiger partial charge is 0.466 e. The van der Waals surface area contributed by atoms with Crippen LogP contribution in [0.3, 0.4) is 0 Å². The van der Waals surface area contributed by atoms with Crippen LogP contribution in [-0.2, 0) is 19.8 Å². The lowest BCUT2D eigenvalue weighted by Gasteiger charge is -2.27. The second-order valence-electron chi connectivity index (χ2n) is 3.40. The molecule has 1 aliphatic rings. The van der Waals surface area contributed by atoms with Gasteiger partial charge in [0.15, 0.2) is 0 Å². The topological polar surface area (TPSA) is 83.9 Å². The summed E-state index contributed by atoms with van der Waals surface area (Å²) in [7, 11) is -4.11. The monoisotopic (exact) mass is 237 g/mol. The van der Waals surface area contributed by atoms with Gasteiger partial charge in [0.25, 0.3) is 0 Å². The normalized spacial score (nSPS) is 20.1. The van der Waals surface area contributed by atoms with Crippen LogP contribution in [0.1, 0.15) is 19.8 Å². The highest BCUT2D eigenvalue weighted by molar-refractivity contribution is 7.83. The summed E-state index contributed by atoms with van der Waals surface area (Å²) in [5.41, 5.74) is 0. The van der Waals surface area contributed by atoms with Crippen LogP contribution in [0.2, 0.25) is 0 Å². The van der Waals surface area contributed by atoms with Crippen LogP contribution >= 0.6 is 0 Å². The van der Waals surface area contributed by atoms with E-state index in [1.54, 1.807) is 6.92 Å². The van der Waals surface area contributed by atoms with E-state index < -0.39 is 10.3 Å². The van der Waals surface area contributed by atoms with Crippen molar-refractivity contribution < 1.29 is 22.5 Å². The van der Waals surface area contributed by atoms with Gasteiger partial charge in [-0.15, -0.1) is 0 Å². The van der Waals surface area contributed by atoms with Gasteiger partial charge in [0.05, 0.1) is 12.5 Å². The molecule has 1 saturated heterocycles. The Balaban J connectivity index is 2.46. The Kier molecular flexibility index (Phi) is 4.06. The molecule has 88 valence electrons. The van der Waals surface area contributed by atoms with Crippen molar-refractivity contribution in [3.05, 3.63) is 0 Å². The average molecular weight is 237 g/mol. The second-order valence-corrected chi connectivity index (χ2v) is 4.82. The smallest absolute Gasteiger partial charge is 0.335 e. The van der Waals surface area contributed by atoms with Crippen LogP contribution in [0.5, 0.6) is 0 Å². The molecule has 0 saturated carbocycles. The third-order valence-corrected chi connectivity index (χ3v) is 3.42. The first-order valence-electron chi connectivity index (χ1n) is 4.84. The van der Waals surface area contributed by atoms with Crippen molar-refractivity contribution in [2.45, 2.75) is 19.8 Å². The number of hydrogen-bond donors (Lipinski definition) is 1. The first-order valence-corrected chi connectivity index (χ1v) is 6.24.